The van der Waals surface area contributed by atoms with Gasteiger partial charge in [0.1, 0.15) is 11.6 Å². The third-order valence-corrected chi connectivity index (χ3v) is 3.14. The summed E-state index contributed by atoms with van der Waals surface area (Å²) in [6, 6.07) is 7.35. The first-order valence-corrected chi connectivity index (χ1v) is 7.17. The molecule has 0 fully saturated rings. The Kier molecular flexibility index (Phi) is 5.63. The summed E-state index contributed by atoms with van der Waals surface area (Å²) in [5.74, 6) is 0.476. The summed E-state index contributed by atoms with van der Waals surface area (Å²) >= 11 is 0. The Morgan fingerprint density at radius 1 is 1.29 bits per heavy atom. The number of nitrogens with zero attached hydrogens (tertiary/aromatic N) is 3. The molecule has 0 aliphatic carbocycles. The molecule has 0 spiro atoms. The average Bonchev–Trinajstić information content (AvgIpc) is 2.48. The molecule has 2 aromatic rings. The topological polar surface area (TPSA) is 41.1 Å². The van der Waals surface area contributed by atoms with Crippen LogP contribution in [0.5, 0.6) is 0 Å². The molecule has 1 N–H and O–H groups in total. The maximum atomic E-state index is 13.4. The van der Waals surface area contributed by atoms with Crippen molar-refractivity contribution in [1.29, 1.82) is 0 Å². The molecule has 0 aliphatic heterocycles. The van der Waals surface area contributed by atoms with Gasteiger partial charge in [-0.2, -0.15) is 0 Å². The number of hydrogen-bond donors (Lipinski definition) is 1. The average molecular weight is 288 g/mol. The van der Waals surface area contributed by atoms with Gasteiger partial charge in [0, 0.05) is 25.4 Å². The predicted molar refractivity (Wildman–Crippen MR) is 82.5 cm³/mol. The summed E-state index contributed by atoms with van der Waals surface area (Å²) in [6.45, 7) is 4.26. The first kappa shape index (κ1) is 15.4. The lowest BCUT2D eigenvalue weighted by atomic mass is 10.2. The molecular formula is C16H21FN4. The predicted octanol–water partition coefficient (Wildman–Crippen LogP) is 2.75. The second-order valence-corrected chi connectivity index (χ2v) is 4.99. The normalized spacial score (nSPS) is 10.6. The molecule has 2 heterocycles. The minimum Gasteiger partial charge on any atom is -0.354 e. The van der Waals surface area contributed by atoms with Gasteiger partial charge in [0.15, 0.2) is 0 Å². The molecule has 0 unspecified atom stereocenters. The first-order chi connectivity index (χ1) is 10.2. The van der Waals surface area contributed by atoms with E-state index in [1.165, 1.54) is 6.20 Å². The van der Waals surface area contributed by atoms with E-state index in [2.05, 4.69) is 22.2 Å². The maximum Gasteiger partial charge on any atom is 0.141 e. The van der Waals surface area contributed by atoms with Crippen molar-refractivity contribution < 1.29 is 4.39 Å². The molecule has 0 atom stereocenters. The summed E-state index contributed by atoms with van der Waals surface area (Å²) in [7, 11) is 1.94. The van der Waals surface area contributed by atoms with Crippen LogP contribution in [0.3, 0.4) is 0 Å². The standard InChI is InChI=1S/C16H21FN4/c1-3-7-18-10-13-9-14(17)11-20-16(13)21(2)12-15-6-4-5-8-19-15/h4-6,8-9,11,18H,3,7,10,12H2,1-2H3. The van der Waals surface area contributed by atoms with E-state index >= 15 is 0 Å². The van der Waals surface area contributed by atoms with Gasteiger partial charge in [0.05, 0.1) is 18.4 Å². The molecule has 0 radical (unpaired) electrons. The highest BCUT2D eigenvalue weighted by Crippen LogP contribution is 2.19. The second-order valence-electron chi connectivity index (χ2n) is 4.99. The van der Waals surface area contributed by atoms with Gasteiger partial charge in [0.2, 0.25) is 0 Å². The molecule has 0 aromatic carbocycles. The fourth-order valence-electron chi connectivity index (χ4n) is 2.16. The van der Waals surface area contributed by atoms with E-state index in [1.54, 1.807) is 12.3 Å². The quantitative estimate of drug-likeness (QED) is 0.795. The van der Waals surface area contributed by atoms with Crippen molar-refractivity contribution in [3.8, 4) is 0 Å². The summed E-state index contributed by atoms with van der Waals surface area (Å²) < 4.78 is 13.4. The number of halogens is 1. The number of nitrogens with one attached hydrogen (secondary N) is 1. The van der Waals surface area contributed by atoms with Crippen molar-refractivity contribution in [3.05, 3.63) is 53.7 Å². The van der Waals surface area contributed by atoms with Crippen LogP contribution in [-0.2, 0) is 13.1 Å². The Morgan fingerprint density at radius 2 is 2.14 bits per heavy atom. The van der Waals surface area contributed by atoms with E-state index in [-0.39, 0.29) is 5.82 Å². The summed E-state index contributed by atoms with van der Waals surface area (Å²) in [5.41, 5.74) is 1.82. The fraction of sp³-hybridized carbons (Fsp3) is 0.375. The Hall–Kier alpha value is -2.01. The third-order valence-electron chi connectivity index (χ3n) is 3.14. The maximum absolute atomic E-state index is 13.4. The Morgan fingerprint density at radius 3 is 2.86 bits per heavy atom. The zero-order chi connectivity index (χ0) is 15.1. The smallest absolute Gasteiger partial charge is 0.141 e. The van der Waals surface area contributed by atoms with Gasteiger partial charge in [0.25, 0.3) is 0 Å². The summed E-state index contributed by atoms with van der Waals surface area (Å²) in [5, 5.41) is 3.29. The first-order valence-electron chi connectivity index (χ1n) is 7.17. The molecule has 2 rings (SSSR count). The number of pyridine rings is 2. The lowest BCUT2D eigenvalue weighted by Crippen LogP contribution is -2.23. The molecule has 0 saturated carbocycles. The van der Waals surface area contributed by atoms with Gasteiger partial charge in [-0.25, -0.2) is 9.37 Å². The second kappa shape index (κ2) is 7.69. The van der Waals surface area contributed by atoms with Crippen molar-refractivity contribution >= 4 is 5.82 Å². The van der Waals surface area contributed by atoms with Crippen molar-refractivity contribution in [3.63, 3.8) is 0 Å². The third kappa shape index (κ3) is 4.49. The van der Waals surface area contributed by atoms with Gasteiger partial charge >= 0.3 is 0 Å². The van der Waals surface area contributed by atoms with Gasteiger partial charge < -0.3 is 10.2 Å². The molecule has 21 heavy (non-hydrogen) atoms. The Bertz CT molecular complexity index is 559. The SMILES string of the molecule is CCCNCc1cc(F)cnc1N(C)Cc1ccccn1. The minimum atomic E-state index is -0.307. The largest absolute Gasteiger partial charge is 0.354 e. The van der Waals surface area contributed by atoms with Gasteiger partial charge in [-0.15, -0.1) is 0 Å². The lowest BCUT2D eigenvalue weighted by Gasteiger charge is -2.21. The lowest BCUT2D eigenvalue weighted by molar-refractivity contribution is 0.610. The van der Waals surface area contributed by atoms with Crippen LogP contribution in [0, 0.1) is 5.82 Å². The molecule has 0 bridgehead atoms. The number of hydrogen-bond acceptors (Lipinski definition) is 4. The molecule has 112 valence electrons. The van der Waals surface area contributed by atoms with Crippen LogP contribution in [0.4, 0.5) is 10.2 Å². The van der Waals surface area contributed by atoms with Crippen LogP contribution in [-0.4, -0.2) is 23.6 Å². The van der Waals surface area contributed by atoms with E-state index in [0.717, 1.165) is 30.0 Å². The number of anilines is 1. The van der Waals surface area contributed by atoms with Crippen molar-refractivity contribution in [2.24, 2.45) is 0 Å². The molecule has 5 heteroatoms. The number of rotatable bonds is 7. The fourth-order valence-corrected chi connectivity index (χ4v) is 2.16. The minimum absolute atomic E-state index is 0.307. The van der Waals surface area contributed by atoms with Crippen LogP contribution in [0.1, 0.15) is 24.6 Å². The summed E-state index contributed by atoms with van der Waals surface area (Å²) in [4.78, 5) is 10.5. The molecule has 0 amide bonds. The van der Waals surface area contributed by atoms with Gasteiger partial charge in [-0.1, -0.05) is 13.0 Å². The molecule has 0 aliphatic rings. The van der Waals surface area contributed by atoms with Crippen LogP contribution in [0.15, 0.2) is 36.7 Å². The van der Waals surface area contributed by atoms with Crippen LogP contribution >= 0.6 is 0 Å². The monoisotopic (exact) mass is 288 g/mol. The van der Waals surface area contributed by atoms with Crippen molar-refractivity contribution in [2.75, 3.05) is 18.5 Å². The molecular weight excluding hydrogens is 267 g/mol. The van der Waals surface area contributed by atoms with E-state index in [1.807, 2.05) is 30.1 Å². The highest BCUT2D eigenvalue weighted by molar-refractivity contribution is 5.46. The number of aromatic nitrogens is 2. The van der Waals surface area contributed by atoms with Crippen LogP contribution in [0.2, 0.25) is 0 Å². The van der Waals surface area contributed by atoms with Crippen molar-refractivity contribution in [2.45, 2.75) is 26.4 Å². The molecule has 2 aromatic heterocycles. The Labute approximate surface area is 125 Å². The van der Waals surface area contributed by atoms with E-state index in [4.69, 9.17) is 0 Å². The zero-order valence-corrected chi connectivity index (χ0v) is 12.5. The van der Waals surface area contributed by atoms with E-state index in [0.29, 0.717) is 13.1 Å². The zero-order valence-electron chi connectivity index (χ0n) is 12.5. The van der Waals surface area contributed by atoms with E-state index in [9.17, 15) is 4.39 Å². The Balaban J connectivity index is 2.13. The highest BCUT2D eigenvalue weighted by Gasteiger charge is 2.11. The van der Waals surface area contributed by atoms with Crippen LogP contribution < -0.4 is 10.2 Å². The van der Waals surface area contributed by atoms with Gasteiger partial charge in [-0.05, 0) is 31.2 Å². The van der Waals surface area contributed by atoms with E-state index < -0.39 is 0 Å². The summed E-state index contributed by atoms with van der Waals surface area (Å²) in [6.07, 6.45) is 4.07. The van der Waals surface area contributed by atoms with Crippen molar-refractivity contribution in [1.82, 2.24) is 15.3 Å². The molecule has 0 saturated heterocycles. The van der Waals surface area contributed by atoms with Crippen LogP contribution in [0.25, 0.3) is 0 Å². The molecule has 4 nitrogen and oxygen atoms in total. The highest BCUT2D eigenvalue weighted by atomic mass is 19.1. The van der Waals surface area contributed by atoms with Gasteiger partial charge in [-0.3, -0.25) is 4.98 Å².